The van der Waals surface area contributed by atoms with Crippen LogP contribution in [-0.4, -0.2) is 23.8 Å². The molecule has 0 saturated heterocycles. The molecule has 0 bridgehead atoms. The van der Waals surface area contributed by atoms with E-state index in [4.69, 9.17) is 4.74 Å². The van der Waals surface area contributed by atoms with Gasteiger partial charge in [0.05, 0.1) is 15.2 Å². The van der Waals surface area contributed by atoms with E-state index in [0.29, 0.717) is 26.2 Å². The Morgan fingerprint density at radius 3 is 2.46 bits per heavy atom. The summed E-state index contributed by atoms with van der Waals surface area (Å²) in [6.45, 7) is 4.20. The number of phenols is 1. The van der Waals surface area contributed by atoms with E-state index in [1.54, 1.807) is 12.1 Å². The van der Waals surface area contributed by atoms with Crippen molar-refractivity contribution in [1.82, 2.24) is 5.43 Å². The SMILES string of the molecule is CCC(C)c1ccc(OCC(=O)N/N=C\c2cc(Br)c(O)c(Br)c2)cc1. The third kappa shape index (κ3) is 5.85. The lowest BCUT2D eigenvalue weighted by molar-refractivity contribution is -0.123. The van der Waals surface area contributed by atoms with E-state index >= 15 is 0 Å². The molecule has 2 rings (SSSR count). The number of nitrogens with one attached hydrogen (secondary N) is 1. The first-order valence-electron chi connectivity index (χ1n) is 8.13. The number of benzene rings is 2. The zero-order valence-corrected chi connectivity index (χ0v) is 17.7. The standard InChI is InChI=1S/C19H20Br2N2O3/c1-3-12(2)14-4-6-15(7-5-14)26-11-18(24)23-22-10-13-8-16(20)19(25)17(21)9-13/h4-10,12,25H,3,11H2,1-2H3,(H,23,24)/b22-10-. The van der Waals surface area contributed by atoms with Crippen LogP contribution >= 0.6 is 31.9 Å². The van der Waals surface area contributed by atoms with E-state index in [1.165, 1.54) is 11.8 Å². The van der Waals surface area contributed by atoms with E-state index in [2.05, 4.69) is 56.2 Å². The van der Waals surface area contributed by atoms with Crippen LogP contribution in [0.1, 0.15) is 37.3 Å². The Bertz CT molecular complexity index is 769. The summed E-state index contributed by atoms with van der Waals surface area (Å²) in [5.74, 6) is 0.896. The molecule has 2 N–H and O–H groups in total. The molecule has 0 aliphatic heterocycles. The molecule has 26 heavy (non-hydrogen) atoms. The van der Waals surface area contributed by atoms with Crippen molar-refractivity contribution in [3.8, 4) is 11.5 Å². The van der Waals surface area contributed by atoms with Crippen LogP contribution in [0.15, 0.2) is 50.4 Å². The van der Waals surface area contributed by atoms with Gasteiger partial charge in [-0.2, -0.15) is 5.10 Å². The molecule has 1 unspecified atom stereocenters. The number of phenolic OH excluding ortho intramolecular Hbond substituents is 1. The topological polar surface area (TPSA) is 70.9 Å². The van der Waals surface area contributed by atoms with Gasteiger partial charge in [0.1, 0.15) is 11.5 Å². The number of hydrazone groups is 1. The second-order valence-corrected chi connectivity index (χ2v) is 7.50. The van der Waals surface area contributed by atoms with E-state index in [-0.39, 0.29) is 18.3 Å². The third-order valence-electron chi connectivity index (χ3n) is 3.87. The van der Waals surface area contributed by atoms with Gasteiger partial charge in [-0.05, 0) is 79.6 Å². The summed E-state index contributed by atoms with van der Waals surface area (Å²) in [5.41, 5.74) is 4.37. The van der Waals surface area contributed by atoms with Crippen LogP contribution in [0.4, 0.5) is 0 Å². The fourth-order valence-electron chi connectivity index (χ4n) is 2.15. The molecule has 138 valence electrons. The molecule has 1 atom stereocenters. The van der Waals surface area contributed by atoms with Gasteiger partial charge >= 0.3 is 0 Å². The van der Waals surface area contributed by atoms with Crippen LogP contribution in [0.25, 0.3) is 0 Å². The molecule has 2 aromatic carbocycles. The average molecular weight is 484 g/mol. The largest absolute Gasteiger partial charge is 0.506 e. The molecule has 0 fully saturated rings. The summed E-state index contributed by atoms with van der Waals surface area (Å²) >= 11 is 6.48. The van der Waals surface area contributed by atoms with E-state index in [1.807, 2.05) is 24.3 Å². The van der Waals surface area contributed by atoms with Crippen molar-refractivity contribution < 1.29 is 14.6 Å². The number of nitrogens with zero attached hydrogens (tertiary/aromatic N) is 1. The second kappa shape index (κ2) is 9.73. The Hall–Kier alpha value is -1.86. The number of aromatic hydroxyl groups is 1. The second-order valence-electron chi connectivity index (χ2n) is 5.79. The number of hydrogen-bond acceptors (Lipinski definition) is 4. The maximum absolute atomic E-state index is 11.8. The zero-order chi connectivity index (χ0) is 19.1. The molecule has 0 aromatic heterocycles. The van der Waals surface area contributed by atoms with Crippen molar-refractivity contribution in [1.29, 1.82) is 0 Å². The maximum atomic E-state index is 11.8. The number of amides is 1. The molecule has 0 aliphatic rings. The summed E-state index contributed by atoms with van der Waals surface area (Å²) in [7, 11) is 0. The van der Waals surface area contributed by atoms with Crippen molar-refractivity contribution in [3.63, 3.8) is 0 Å². The lowest BCUT2D eigenvalue weighted by Gasteiger charge is -2.10. The van der Waals surface area contributed by atoms with Crippen molar-refractivity contribution in [2.75, 3.05) is 6.61 Å². The molecule has 2 aromatic rings. The highest BCUT2D eigenvalue weighted by Gasteiger charge is 2.06. The first kappa shape index (κ1) is 20.5. The average Bonchev–Trinajstić information content (AvgIpc) is 2.64. The van der Waals surface area contributed by atoms with Gasteiger partial charge in [-0.25, -0.2) is 5.43 Å². The van der Waals surface area contributed by atoms with Crippen molar-refractivity contribution in [2.24, 2.45) is 5.10 Å². The highest BCUT2D eigenvalue weighted by molar-refractivity contribution is 9.11. The van der Waals surface area contributed by atoms with Gasteiger partial charge in [0.25, 0.3) is 5.91 Å². The predicted octanol–water partition coefficient (Wildman–Crippen LogP) is 4.96. The minimum absolute atomic E-state index is 0.110. The minimum Gasteiger partial charge on any atom is -0.506 e. The molecule has 0 saturated carbocycles. The van der Waals surface area contributed by atoms with Gasteiger partial charge in [-0.1, -0.05) is 26.0 Å². The van der Waals surface area contributed by atoms with Gasteiger partial charge in [-0.15, -0.1) is 0 Å². The van der Waals surface area contributed by atoms with Crippen LogP contribution in [0.5, 0.6) is 11.5 Å². The number of hydrogen-bond donors (Lipinski definition) is 2. The van der Waals surface area contributed by atoms with Gasteiger partial charge in [0.2, 0.25) is 0 Å². The molecule has 0 radical (unpaired) electrons. The Balaban J connectivity index is 1.83. The Kier molecular flexibility index (Phi) is 7.66. The smallest absolute Gasteiger partial charge is 0.277 e. The molecule has 0 heterocycles. The van der Waals surface area contributed by atoms with Gasteiger partial charge in [0, 0.05) is 0 Å². The van der Waals surface area contributed by atoms with E-state index in [0.717, 1.165) is 6.42 Å². The fraction of sp³-hybridized carbons (Fsp3) is 0.263. The summed E-state index contributed by atoms with van der Waals surface area (Å²) < 4.78 is 6.52. The number of carbonyl (C=O) groups is 1. The molecule has 7 heteroatoms. The molecule has 0 aliphatic carbocycles. The number of ether oxygens (including phenoxy) is 1. The quantitative estimate of drug-likeness (QED) is 0.431. The molecule has 5 nitrogen and oxygen atoms in total. The number of halogens is 2. The lowest BCUT2D eigenvalue weighted by atomic mass is 9.99. The van der Waals surface area contributed by atoms with Crippen LogP contribution in [0.3, 0.4) is 0 Å². The predicted molar refractivity (Wildman–Crippen MR) is 110 cm³/mol. The van der Waals surface area contributed by atoms with Gasteiger partial charge in [0.15, 0.2) is 6.61 Å². The lowest BCUT2D eigenvalue weighted by Crippen LogP contribution is -2.24. The van der Waals surface area contributed by atoms with Crippen LogP contribution in [0, 0.1) is 0 Å². The first-order chi connectivity index (χ1) is 12.4. The van der Waals surface area contributed by atoms with Crippen molar-refractivity contribution in [2.45, 2.75) is 26.2 Å². The minimum atomic E-state index is -0.357. The maximum Gasteiger partial charge on any atom is 0.277 e. The summed E-state index contributed by atoms with van der Waals surface area (Å²) in [6, 6.07) is 11.1. The third-order valence-corrected chi connectivity index (χ3v) is 5.08. The Morgan fingerprint density at radius 2 is 1.88 bits per heavy atom. The summed E-state index contributed by atoms with van der Waals surface area (Å²) in [5, 5.41) is 13.5. The Labute approximate surface area is 169 Å². The van der Waals surface area contributed by atoms with Gasteiger partial charge in [-0.3, -0.25) is 4.79 Å². The monoisotopic (exact) mass is 482 g/mol. The number of rotatable bonds is 7. The zero-order valence-electron chi connectivity index (χ0n) is 14.5. The number of carbonyl (C=O) groups excluding carboxylic acids is 1. The molecular formula is C19H20Br2N2O3. The molecule has 1 amide bonds. The van der Waals surface area contributed by atoms with Crippen molar-refractivity contribution in [3.05, 3.63) is 56.5 Å². The van der Waals surface area contributed by atoms with Crippen LogP contribution < -0.4 is 10.2 Å². The summed E-state index contributed by atoms with van der Waals surface area (Å²) in [4.78, 5) is 11.8. The molecule has 0 spiro atoms. The van der Waals surface area contributed by atoms with Crippen LogP contribution in [-0.2, 0) is 4.79 Å². The van der Waals surface area contributed by atoms with Crippen molar-refractivity contribution >= 4 is 44.0 Å². The first-order valence-corrected chi connectivity index (χ1v) is 9.72. The van der Waals surface area contributed by atoms with Gasteiger partial charge < -0.3 is 9.84 Å². The summed E-state index contributed by atoms with van der Waals surface area (Å²) in [6.07, 6.45) is 2.56. The van der Waals surface area contributed by atoms with Crippen LogP contribution in [0.2, 0.25) is 0 Å². The highest BCUT2D eigenvalue weighted by atomic mass is 79.9. The van der Waals surface area contributed by atoms with E-state index in [9.17, 15) is 9.90 Å². The fourth-order valence-corrected chi connectivity index (χ4v) is 3.37. The van der Waals surface area contributed by atoms with E-state index < -0.39 is 0 Å². The highest BCUT2D eigenvalue weighted by Crippen LogP contribution is 2.32. The Morgan fingerprint density at radius 1 is 1.27 bits per heavy atom. The normalized spacial score (nSPS) is 12.2. The molecular weight excluding hydrogens is 464 g/mol.